The summed E-state index contributed by atoms with van der Waals surface area (Å²) in [6.45, 7) is 7.33. The summed E-state index contributed by atoms with van der Waals surface area (Å²) < 4.78 is 22.1. The van der Waals surface area contributed by atoms with Gasteiger partial charge in [0.1, 0.15) is 27.0 Å². The summed E-state index contributed by atoms with van der Waals surface area (Å²) in [5, 5.41) is 19.1. The first-order valence-corrected chi connectivity index (χ1v) is 17.0. The van der Waals surface area contributed by atoms with Gasteiger partial charge in [-0.25, -0.2) is 9.97 Å². The van der Waals surface area contributed by atoms with Gasteiger partial charge < -0.3 is 14.2 Å². The number of piperidine rings is 1. The number of pyridine rings is 2. The maximum absolute atomic E-state index is 13.2. The summed E-state index contributed by atoms with van der Waals surface area (Å²) in [5.41, 5.74) is 2.81. The van der Waals surface area contributed by atoms with Gasteiger partial charge in [0.15, 0.2) is 11.3 Å². The number of halogens is 1. The van der Waals surface area contributed by atoms with Gasteiger partial charge in [-0.2, -0.15) is 15.3 Å². The van der Waals surface area contributed by atoms with E-state index < -0.39 is 11.4 Å². The summed E-state index contributed by atoms with van der Waals surface area (Å²) in [6, 6.07) is 8.05. The van der Waals surface area contributed by atoms with Crippen LogP contribution in [0.1, 0.15) is 69.4 Å². The van der Waals surface area contributed by atoms with Gasteiger partial charge in [-0.1, -0.05) is 29.4 Å². The Bertz CT molecular complexity index is 1760. The van der Waals surface area contributed by atoms with Crippen LogP contribution in [0.5, 0.6) is 5.88 Å². The zero-order chi connectivity index (χ0) is 30.6. The van der Waals surface area contributed by atoms with Gasteiger partial charge in [-0.05, 0) is 70.6 Å². The summed E-state index contributed by atoms with van der Waals surface area (Å²) >= 11 is 6.71. The molecular formula is C30H32ClN9O2S2. The van der Waals surface area contributed by atoms with E-state index in [-0.39, 0.29) is 28.0 Å². The van der Waals surface area contributed by atoms with E-state index in [4.69, 9.17) is 26.3 Å². The molecule has 0 aromatic carbocycles. The lowest BCUT2D eigenvalue weighted by atomic mass is 9.73. The van der Waals surface area contributed by atoms with E-state index in [9.17, 15) is 9.81 Å². The van der Waals surface area contributed by atoms with Crippen molar-refractivity contribution in [3.8, 4) is 11.9 Å². The van der Waals surface area contributed by atoms with Crippen LogP contribution in [0, 0.1) is 16.7 Å². The quantitative estimate of drug-likeness (QED) is 0.251. The molecule has 2 atom stereocenters. The molecule has 1 unspecified atom stereocenters. The molecular weight excluding hydrogens is 618 g/mol. The van der Waals surface area contributed by atoms with Crippen molar-refractivity contribution < 1.29 is 9.29 Å². The van der Waals surface area contributed by atoms with Crippen molar-refractivity contribution in [1.29, 1.82) is 5.26 Å². The van der Waals surface area contributed by atoms with Crippen molar-refractivity contribution in [2.75, 3.05) is 18.0 Å². The van der Waals surface area contributed by atoms with E-state index in [1.54, 1.807) is 12.3 Å². The van der Waals surface area contributed by atoms with Gasteiger partial charge in [-0.15, -0.1) is 4.72 Å². The Labute approximate surface area is 267 Å². The van der Waals surface area contributed by atoms with Crippen molar-refractivity contribution in [3.05, 3.63) is 52.6 Å². The molecule has 14 heteroatoms. The van der Waals surface area contributed by atoms with Crippen molar-refractivity contribution >= 4 is 51.7 Å². The van der Waals surface area contributed by atoms with Crippen molar-refractivity contribution in [2.45, 2.75) is 79.7 Å². The predicted molar refractivity (Wildman–Crippen MR) is 169 cm³/mol. The Morgan fingerprint density at radius 2 is 2.00 bits per heavy atom. The fraction of sp³-hybridized carbons (Fsp3) is 0.467. The van der Waals surface area contributed by atoms with Crippen LogP contribution in [0.25, 0.3) is 11.0 Å². The van der Waals surface area contributed by atoms with Crippen LogP contribution in [0.15, 0.2) is 40.5 Å². The number of H-pyrrole nitrogens is 1. The molecule has 1 aliphatic heterocycles. The number of hydrogen-bond donors (Lipinski definition) is 2. The zero-order valence-electron chi connectivity index (χ0n) is 24.6. The molecule has 2 fully saturated rings. The number of hydrogen-bond acceptors (Lipinski definition) is 11. The monoisotopic (exact) mass is 649 g/mol. The number of nitrogens with one attached hydrogen (secondary N) is 2. The van der Waals surface area contributed by atoms with Crippen molar-refractivity contribution in [1.82, 2.24) is 34.9 Å². The number of nitriles is 1. The number of aromatic nitrogens is 6. The van der Waals surface area contributed by atoms with E-state index in [0.29, 0.717) is 46.0 Å². The fourth-order valence-electron chi connectivity index (χ4n) is 5.92. The molecule has 4 aromatic heterocycles. The molecule has 1 spiro atoms. The van der Waals surface area contributed by atoms with Gasteiger partial charge in [0.25, 0.3) is 0 Å². The van der Waals surface area contributed by atoms with Gasteiger partial charge in [-0.3, -0.25) is 10.1 Å². The van der Waals surface area contributed by atoms with Crippen LogP contribution in [-0.4, -0.2) is 58.6 Å². The summed E-state index contributed by atoms with van der Waals surface area (Å²) in [7, 11) is 0. The molecule has 5 heterocycles. The maximum atomic E-state index is 13.2. The van der Waals surface area contributed by atoms with E-state index in [1.807, 2.05) is 33.0 Å². The first-order chi connectivity index (χ1) is 21.1. The summed E-state index contributed by atoms with van der Waals surface area (Å²) in [4.78, 5) is 21.3. The zero-order valence-corrected chi connectivity index (χ0v) is 27.0. The first-order valence-electron chi connectivity index (χ1n) is 14.7. The molecule has 228 valence electrons. The fourth-order valence-corrected chi connectivity index (χ4v) is 8.04. The molecule has 1 saturated heterocycles. The van der Waals surface area contributed by atoms with Gasteiger partial charge in [0.05, 0.1) is 11.4 Å². The van der Waals surface area contributed by atoms with Gasteiger partial charge in [0.2, 0.25) is 11.8 Å². The molecule has 11 nitrogen and oxygen atoms in total. The minimum atomic E-state index is -1.23. The molecule has 2 N–H and O–H groups in total. The summed E-state index contributed by atoms with van der Waals surface area (Å²) in [6.07, 6.45) is 8.16. The number of anilines is 1. The second-order valence-electron chi connectivity index (χ2n) is 12.6. The first kappa shape index (κ1) is 29.6. The summed E-state index contributed by atoms with van der Waals surface area (Å²) in [5.74, 6) is 0.895. The van der Waals surface area contributed by atoms with Gasteiger partial charge in [0, 0.05) is 52.8 Å². The Hall–Kier alpha value is -3.15. The highest BCUT2D eigenvalue weighted by Crippen LogP contribution is 2.52. The standard InChI is InChI=1S/C30H32ClN9O2S2/c1-29(2,3)44(41)39-24-18-5-4-11-33-19(18)15-30(24)9-13-40(14-10-30)28-35-20(16-32)22-25(36-28)37-38-27(22)43-21-8-12-34-26(23(21)31)42-17-6-7-17/h4-5,8,11-12,17,24,39H,6-7,9-10,13-15H2,1-3H3,(H,35,36,37,38)/t24-,44?/m1/s1. The highest BCUT2D eigenvalue weighted by atomic mass is 35.5. The predicted octanol–water partition coefficient (Wildman–Crippen LogP) is 5.30. The Morgan fingerprint density at radius 3 is 2.73 bits per heavy atom. The molecule has 0 bridgehead atoms. The van der Waals surface area contributed by atoms with E-state index in [2.05, 4.69) is 41.9 Å². The molecule has 0 amide bonds. The van der Waals surface area contributed by atoms with Crippen LogP contribution in [0.3, 0.4) is 0 Å². The largest absolute Gasteiger partial charge is 0.598 e. The van der Waals surface area contributed by atoms with Crippen LogP contribution < -0.4 is 14.4 Å². The van der Waals surface area contributed by atoms with E-state index in [1.165, 1.54) is 11.8 Å². The van der Waals surface area contributed by atoms with Crippen LogP contribution >= 0.6 is 23.4 Å². The highest BCUT2D eigenvalue weighted by molar-refractivity contribution is 7.99. The lowest BCUT2D eigenvalue weighted by Gasteiger charge is -2.43. The SMILES string of the molecule is CC(C)(C)[S+]([O-])N[C@@H]1c2cccnc2CC12CCN(c1nc(C#N)c3c(Sc4ccnc(OC5CC5)c4Cl)n[nH]c3n1)CC2. The molecule has 0 radical (unpaired) electrons. The maximum Gasteiger partial charge on any atom is 0.234 e. The van der Waals surface area contributed by atoms with Crippen molar-refractivity contribution in [2.24, 2.45) is 5.41 Å². The van der Waals surface area contributed by atoms with E-state index >= 15 is 0 Å². The van der Waals surface area contributed by atoms with E-state index in [0.717, 1.165) is 48.3 Å². The number of aromatic amines is 1. The third-order valence-electron chi connectivity index (χ3n) is 8.50. The average molecular weight is 650 g/mol. The highest BCUT2D eigenvalue weighted by Gasteiger charge is 2.51. The third-order valence-corrected chi connectivity index (χ3v) is 11.6. The third kappa shape index (κ3) is 5.47. The van der Waals surface area contributed by atoms with Crippen LogP contribution in [-0.2, 0) is 17.8 Å². The second kappa shape index (κ2) is 11.3. The Balaban J connectivity index is 1.12. The molecule has 2 aliphatic carbocycles. The number of nitrogens with zero attached hydrogens (tertiary/aromatic N) is 7. The molecule has 3 aliphatic rings. The van der Waals surface area contributed by atoms with Crippen LogP contribution in [0.2, 0.25) is 5.02 Å². The molecule has 44 heavy (non-hydrogen) atoms. The lowest BCUT2D eigenvalue weighted by molar-refractivity contribution is 0.175. The molecule has 1 saturated carbocycles. The van der Waals surface area contributed by atoms with Crippen molar-refractivity contribution in [3.63, 3.8) is 0 Å². The second-order valence-corrected chi connectivity index (χ2v) is 16.0. The number of fused-ring (bicyclic) bond motifs is 2. The smallest absolute Gasteiger partial charge is 0.234 e. The molecule has 4 aromatic rings. The molecule has 7 rings (SSSR count). The minimum Gasteiger partial charge on any atom is -0.598 e. The average Bonchev–Trinajstić information content (AvgIpc) is 3.67. The normalized spacial score (nSPS) is 20.1. The Morgan fingerprint density at radius 1 is 1.20 bits per heavy atom. The topological polar surface area (TPSA) is 152 Å². The lowest BCUT2D eigenvalue weighted by Crippen LogP contribution is -2.50. The minimum absolute atomic E-state index is 0.0612. The Kier molecular flexibility index (Phi) is 7.61. The number of rotatable bonds is 7. The van der Waals surface area contributed by atoms with Crippen LogP contribution in [0.4, 0.5) is 5.95 Å². The number of ether oxygens (including phenoxy) is 1. The van der Waals surface area contributed by atoms with Gasteiger partial charge >= 0.3 is 0 Å².